The second-order valence-electron chi connectivity index (χ2n) is 5.92. The maximum Gasteiger partial charge on any atom is 0.345 e. The first-order valence-electron chi connectivity index (χ1n) is 9.54. The molecule has 0 atom stereocenters. The fraction of sp³-hybridized carbons (Fsp3) is 0.611. The molecule has 0 aliphatic rings. The molecule has 0 aromatic heterocycles. The van der Waals surface area contributed by atoms with Gasteiger partial charge in [-0.05, 0) is 46.2 Å². The van der Waals surface area contributed by atoms with Gasteiger partial charge in [-0.15, -0.1) is 0 Å². The highest BCUT2D eigenvalue weighted by molar-refractivity contribution is 7.72. The van der Waals surface area contributed by atoms with E-state index in [1.54, 1.807) is 27.7 Å². The molecule has 0 unspecified atom stereocenters. The molecule has 172 valence electrons. The second kappa shape index (κ2) is 12.9. The number of hydrogen-bond donors (Lipinski definition) is 0. The Balaban J connectivity index is 3.29. The molecular weight excluding hydrogens is 496 g/mol. The summed E-state index contributed by atoms with van der Waals surface area (Å²) in [5.41, 5.74) is 0.148. The van der Waals surface area contributed by atoms with Crippen LogP contribution in [-0.4, -0.2) is 37.6 Å². The van der Waals surface area contributed by atoms with Crippen LogP contribution in [0.5, 0.6) is 0 Å². The van der Waals surface area contributed by atoms with Gasteiger partial charge in [-0.3, -0.25) is 13.9 Å². The van der Waals surface area contributed by atoms with E-state index in [0.29, 0.717) is 0 Å². The van der Waals surface area contributed by atoms with Crippen LogP contribution in [0.1, 0.15) is 50.9 Å². The summed E-state index contributed by atoms with van der Waals surface area (Å²) in [7, 11) is -7.87. The van der Waals surface area contributed by atoms with E-state index >= 15 is 0 Å². The Labute approximate surface area is 192 Å². The molecule has 1 rings (SSSR count). The molecule has 7 nitrogen and oxygen atoms in total. The van der Waals surface area contributed by atoms with Crippen molar-refractivity contribution < 1.29 is 32.0 Å². The van der Waals surface area contributed by atoms with Crippen LogP contribution >= 0.6 is 50.0 Å². The Hall–Kier alpha value is 0.0600. The minimum absolute atomic E-state index is 0.0151. The van der Waals surface area contributed by atoms with E-state index in [2.05, 4.69) is 0 Å². The summed E-state index contributed by atoms with van der Waals surface area (Å²) in [5.74, 6) is -0.400. The molecule has 0 saturated heterocycles. The Morgan fingerprint density at radius 1 is 0.833 bits per heavy atom. The summed E-state index contributed by atoms with van der Waals surface area (Å²) < 4.78 is 48.5. The Morgan fingerprint density at radius 2 is 1.27 bits per heavy atom. The van der Waals surface area contributed by atoms with Crippen molar-refractivity contribution in [3.05, 3.63) is 32.8 Å². The van der Waals surface area contributed by atoms with Crippen LogP contribution in [0.3, 0.4) is 0 Å². The SMILES string of the molecule is CCOP(=O)(OCC)C(CCC(=O)c1ccc(Cl)c(Cl)c1Cl)P(=O)(OCC)OCC. The molecule has 0 aliphatic heterocycles. The van der Waals surface area contributed by atoms with Crippen LogP contribution in [0.4, 0.5) is 0 Å². The molecule has 0 bridgehead atoms. The number of ketones is 1. The third-order valence-electron chi connectivity index (χ3n) is 3.93. The van der Waals surface area contributed by atoms with Gasteiger partial charge in [0, 0.05) is 12.0 Å². The summed E-state index contributed by atoms with van der Waals surface area (Å²) >= 11 is 18.1. The van der Waals surface area contributed by atoms with Crippen LogP contribution in [0.2, 0.25) is 15.1 Å². The highest BCUT2D eigenvalue weighted by Gasteiger charge is 2.50. The lowest BCUT2D eigenvalue weighted by molar-refractivity contribution is 0.0979. The lowest BCUT2D eigenvalue weighted by Crippen LogP contribution is -2.19. The smallest absolute Gasteiger partial charge is 0.308 e. The lowest BCUT2D eigenvalue weighted by Gasteiger charge is -2.31. The Morgan fingerprint density at radius 3 is 1.67 bits per heavy atom. The van der Waals surface area contributed by atoms with Gasteiger partial charge in [0.25, 0.3) is 0 Å². The van der Waals surface area contributed by atoms with Crippen LogP contribution in [0.25, 0.3) is 0 Å². The van der Waals surface area contributed by atoms with Crippen molar-refractivity contribution in [1.82, 2.24) is 0 Å². The van der Waals surface area contributed by atoms with Crippen LogP contribution in [0, 0.1) is 0 Å². The maximum absolute atomic E-state index is 13.5. The van der Waals surface area contributed by atoms with Gasteiger partial charge in [0.2, 0.25) is 0 Å². The molecule has 0 heterocycles. The molecule has 1 aromatic carbocycles. The zero-order valence-electron chi connectivity index (χ0n) is 17.4. The van der Waals surface area contributed by atoms with Gasteiger partial charge in [-0.25, -0.2) is 0 Å². The summed E-state index contributed by atoms with van der Waals surface area (Å²) in [5, 5.41) is -0.994. The van der Waals surface area contributed by atoms with Crippen molar-refractivity contribution in [1.29, 1.82) is 0 Å². The van der Waals surface area contributed by atoms with E-state index in [0.717, 1.165) is 0 Å². The molecule has 1 aromatic rings. The molecule has 0 radical (unpaired) electrons. The maximum atomic E-state index is 13.5. The van der Waals surface area contributed by atoms with Gasteiger partial charge in [-0.2, -0.15) is 0 Å². The van der Waals surface area contributed by atoms with E-state index < -0.39 is 26.4 Å². The molecule has 0 amide bonds. The number of hydrogen-bond acceptors (Lipinski definition) is 7. The fourth-order valence-electron chi connectivity index (χ4n) is 2.76. The van der Waals surface area contributed by atoms with Crippen molar-refractivity contribution >= 4 is 55.8 Å². The third kappa shape index (κ3) is 7.03. The predicted molar refractivity (Wildman–Crippen MR) is 121 cm³/mol. The highest BCUT2D eigenvalue weighted by atomic mass is 35.5. The summed E-state index contributed by atoms with van der Waals surface area (Å²) in [6.07, 6.45) is -0.305. The van der Waals surface area contributed by atoms with Crippen molar-refractivity contribution in [3.8, 4) is 0 Å². The monoisotopic (exact) mass is 522 g/mol. The van der Waals surface area contributed by atoms with Crippen molar-refractivity contribution in [3.63, 3.8) is 0 Å². The van der Waals surface area contributed by atoms with E-state index in [9.17, 15) is 13.9 Å². The number of carbonyl (C=O) groups is 1. The molecular formula is C18H27Cl3O7P2. The van der Waals surface area contributed by atoms with Gasteiger partial charge in [0.05, 0.1) is 41.5 Å². The van der Waals surface area contributed by atoms with Gasteiger partial charge < -0.3 is 18.1 Å². The number of halogens is 3. The predicted octanol–water partition coefficient (Wildman–Crippen LogP) is 7.47. The average molecular weight is 524 g/mol. The number of benzene rings is 1. The molecule has 12 heteroatoms. The van der Waals surface area contributed by atoms with E-state index in [-0.39, 0.29) is 59.9 Å². The van der Waals surface area contributed by atoms with E-state index in [4.69, 9.17) is 52.9 Å². The molecule has 0 aliphatic carbocycles. The van der Waals surface area contributed by atoms with Crippen LogP contribution in [0.15, 0.2) is 12.1 Å². The molecule has 0 spiro atoms. The normalized spacial score (nSPS) is 12.5. The second-order valence-corrected chi connectivity index (χ2v) is 11.9. The zero-order chi connectivity index (χ0) is 22.9. The van der Waals surface area contributed by atoms with Gasteiger partial charge in [-0.1, -0.05) is 34.8 Å². The average Bonchev–Trinajstić information content (AvgIpc) is 2.66. The molecule has 0 fully saturated rings. The standard InChI is InChI=1S/C18H27Cl3O7P2/c1-5-25-29(23,26-6-2)16(30(24,27-7-3)28-8-4)12-11-15(22)13-9-10-14(19)18(21)17(13)20/h9-10,16H,5-8,11-12H2,1-4H3. The van der Waals surface area contributed by atoms with Gasteiger partial charge >= 0.3 is 15.2 Å². The van der Waals surface area contributed by atoms with Gasteiger partial charge in [0.1, 0.15) is 0 Å². The molecule has 30 heavy (non-hydrogen) atoms. The highest BCUT2D eigenvalue weighted by Crippen LogP contribution is 2.71. The van der Waals surface area contributed by atoms with Gasteiger partial charge in [0.15, 0.2) is 11.2 Å². The van der Waals surface area contributed by atoms with Crippen LogP contribution < -0.4 is 0 Å². The first-order valence-corrected chi connectivity index (χ1v) is 13.9. The fourth-order valence-corrected chi connectivity index (χ4v) is 8.76. The number of Topliss-reactive ketones (excluding diaryl/α,β-unsaturated/α-hetero) is 1. The van der Waals surface area contributed by atoms with E-state index in [1.165, 1.54) is 12.1 Å². The van der Waals surface area contributed by atoms with Crippen molar-refractivity contribution in [2.75, 3.05) is 26.4 Å². The van der Waals surface area contributed by atoms with Crippen molar-refractivity contribution in [2.24, 2.45) is 0 Å². The quantitative estimate of drug-likeness (QED) is 0.142. The molecule has 0 saturated carbocycles. The van der Waals surface area contributed by atoms with E-state index in [1.807, 2.05) is 0 Å². The number of carbonyl (C=O) groups excluding carboxylic acids is 1. The summed E-state index contributed by atoms with van der Waals surface area (Å²) in [4.78, 5) is 12.8. The summed E-state index contributed by atoms with van der Waals surface area (Å²) in [6, 6.07) is 2.90. The minimum atomic E-state index is -3.93. The topological polar surface area (TPSA) is 88.1 Å². The van der Waals surface area contributed by atoms with Crippen molar-refractivity contribution in [2.45, 2.75) is 45.9 Å². The largest absolute Gasteiger partial charge is 0.345 e. The third-order valence-corrected chi connectivity index (χ3v) is 11.4. The number of rotatable bonds is 14. The summed E-state index contributed by atoms with van der Waals surface area (Å²) in [6.45, 7) is 6.75. The first-order chi connectivity index (χ1) is 14.1. The Bertz CT molecular complexity index is 769. The first kappa shape index (κ1) is 28.1. The zero-order valence-corrected chi connectivity index (χ0v) is 21.4. The Kier molecular flexibility index (Phi) is 12.1. The lowest BCUT2D eigenvalue weighted by atomic mass is 10.1. The minimum Gasteiger partial charge on any atom is -0.308 e. The molecule has 0 N–H and O–H groups in total. The van der Waals surface area contributed by atoms with Crippen LogP contribution in [-0.2, 0) is 27.2 Å².